The van der Waals surface area contributed by atoms with Crippen LogP contribution in [0.25, 0.3) is 0 Å². The summed E-state index contributed by atoms with van der Waals surface area (Å²) in [4.78, 5) is 10.7. The van der Waals surface area contributed by atoms with Crippen LogP contribution in [0.3, 0.4) is 0 Å². The van der Waals surface area contributed by atoms with Crippen LogP contribution in [0.4, 0.5) is 0 Å². The van der Waals surface area contributed by atoms with Gasteiger partial charge in [0.05, 0.1) is 5.57 Å². The van der Waals surface area contributed by atoms with Crippen LogP contribution in [0.2, 0.25) is 0 Å². The van der Waals surface area contributed by atoms with E-state index in [-0.39, 0.29) is 0 Å². The maximum atomic E-state index is 10.7. The molecule has 0 fully saturated rings. The zero-order valence-electron chi connectivity index (χ0n) is 12.7. The van der Waals surface area contributed by atoms with Crippen LogP contribution >= 0.6 is 0 Å². The first-order valence-electron chi connectivity index (χ1n) is 7.78. The fourth-order valence-electron chi connectivity index (χ4n) is 2.13. The molecule has 3 heteroatoms. The summed E-state index contributed by atoms with van der Waals surface area (Å²) in [7, 11) is 0. The van der Waals surface area contributed by atoms with Crippen molar-refractivity contribution in [3.05, 3.63) is 11.3 Å². The summed E-state index contributed by atoms with van der Waals surface area (Å²) < 4.78 is 0. The number of hydrogen-bond donors (Lipinski definition) is 2. The molecule has 0 aromatic carbocycles. The Morgan fingerprint density at radius 2 is 1.32 bits per heavy atom. The van der Waals surface area contributed by atoms with Crippen LogP contribution in [0, 0.1) is 0 Å². The third-order valence-corrected chi connectivity index (χ3v) is 3.60. The molecule has 3 nitrogen and oxygen atoms in total. The SMILES string of the molecule is CCCCCCCCCCCCC(N)=C(C)C(=O)O. The Kier molecular flexibility index (Phi) is 11.4. The highest BCUT2D eigenvalue weighted by Crippen LogP contribution is 2.13. The fourth-order valence-corrected chi connectivity index (χ4v) is 2.13. The Morgan fingerprint density at radius 3 is 1.74 bits per heavy atom. The first kappa shape index (κ1) is 18.0. The molecule has 0 heterocycles. The normalized spacial score (nSPS) is 12.3. The van der Waals surface area contributed by atoms with Crippen molar-refractivity contribution in [3.8, 4) is 0 Å². The minimum absolute atomic E-state index is 0.302. The van der Waals surface area contributed by atoms with Crippen LogP contribution in [0.1, 0.15) is 84.5 Å². The van der Waals surface area contributed by atoms with Gasteiger partial charge in [-0.15, -0.1) is 0 Å². The van der Waals surface area contributed by atoms with Crippen molar-refractivity contribution in [3.63, 3.8) is 0 Å². The van der Waals surface area contributed by atoms with Crippen molar-refractivity contribution in [2.75, 3.05) is 0 Å². The van der Waals surface area contributed by atoms with Crippen molar-refractivity contribution in [2.24, 2.45) is 5.73 Å². The first-order valence-corrected chi connectivity index (χ1v) is 7.78. The third kappa shape index (κ3) is 10.6. The van der Waals surface area contributed by atoms with Crippen LogP contribution in [-0.4, -0.2) is 11.1 Å². The molecule has 19 heavy (non-hydrogen) atoms. The van der Waals surface area contributed by atoms with Gasteiger partial charge in [0.2, 0.25) is 0 Å². The van der Waals surface area contributed by atoms with Gasteiger partial charge in [-0.1, -0.05) is 64.7 Å². The molecular weight excluding hydrogens is 238 g/mol. The van der Waals surface area contributed by atoms with Gasteiger partial charge in [0.1, 0.15) is 0 Å². The summed E-state index contributed by atoms with van der Waals surface area (Å²) >= 11 is 0. The van der Waals surface area contributed by atoms with E-state index in [1.54, 1.807) is 6.92 Å². The summed E-state index contributed by atoms with van der Waals surface area (Å²) in [5.41, 5.74) is 6.56. The highest BCUT2D eigenvalue weighted by Gasteiger charge is 2.05. The van der Waals surface area contributed by atoms with Crippen molar-refractivity contribution < 1.29 is 9.90 Å². The van der Waals surface area contributed by atoms with Gasteiger partial charge in [-0.05, 0) is 19.8 Å². The number of unbranched alkanes of at least 4 members (excludes halogenated alkanes) is 9. The first-order chi connectivity index (χ1) is 9.09. The molecule has 0 rings (SSSR count). The summed E-state index contributed by atoms with van der Waals surface area (Å²) in [5, 5.41) is 8.78. The van der Waals surface area contributed by atoms with E-state index in [9.17, 15) is 4.79 Å². The Hall–Kier alpha value is -0.990. The molecule has 0 unspecified atom stereocenters. The summed E-state index contributed by atoms with van der Waals surface area (Å²) in [6.45, 7) is 3.82. The smallest absolute Gasteiger partial charge is 0.333 e. The molecule has 0 aromatic heterocycles. The van der Waals surface area contributed by atoms with Crippen molar-refractivity contribution in [2.45, 2.75) is 84.5 Å². The number of rotatable bonds is 12. The number of aliphatic carboxylic acids is 1. The lowest BCUT2D eigenvalue weighted by Crippen LogP contribution is -2.08. The molecule has 0 aliphatic carbocycles. The standard InChI is InChI=1S/C16H31NO2/c1-3-4-5-6-7-8-9-10-11-12-13-15(17)14(2)16(18)19/h3-13,17H2,1-2H3,(H,18,19). The minimum atomic E-state index is -0.899. The van der Waals surface area contributed by atoms with Crippen LogP contribution in [0.5, 0.6) is 0 Å². The van der Waals surface area contributed by atoms with E-state index >= 15 is 0 Å². The van der Waals surface area contributed by atoms with Gasteiger partial charge in [-0.2, -0.15) is 0 Å². The lowest BCUT2D eigenvalue weighted by Gasteiger charge is -2.05. The average Bonchev–Trinajstić information content (AvgIpc) is 2.39. The molecule has 0 bridgehead atoms. The number of hydrogen-bond acceptors (Lipinski definition) is 2. The minimum Gasteiger partial charge on any atom is -0.478 e. The van der Waals surface area contributed by atoms with Gasteiger partial charge >= 0.3 is 5.97 Å². The van der Waals surface area contributed by atoms with E-state index < -0.39 is 5.97 Å². The third-order valence-electron chi connectivity index (χ3n) is 3.60. The number of carboxylic acids is 1. The second-order valence-electron chi connectivity index (χ2n) is 5.39. The maximum Gasteiger partial charge on any atom is 0.333 e. The summed E-state index contributed by atoms with van der Waals surface area (Å²) in [5.74, 6) is -0.899. The van der Waals surface area contributed by atoms with Gasteiger partial charge in [-0.25, -0.2) is 4.79 Å². The number of carboxylic acid groups (broad SMARTS) is 1. The van der Waals surface area contributed by atoms with E-state index in [2.05, 4.69) is 6.92 Å². The molecule has 112 valence electrons. The fraction of sp³-hybridized carbons (Fsp3) is 0.812. The molecule has 0 saturated carbocycles. The van der Waals surface area contributed by atoms with E-state index in [4.69, 9.17) is 10.8 Å². The van der Waals surface area contributed by atoms with Crippen LogP contribution in [0.15, 0.2) is 11.3 Å². The molecule has 3 N–H and O–H groups in total. The van der Waals surface area contributed by atoms with Gasteiger partial charge < -0.3 is 10.8 Å². The maximum absolute atomic E-state index is 10.7. The molecular formula is C16H31NO2. The Labute approximate surface area is 118 Å². The van der Waals surface area contributed by atoms with Crippen molar-refractivity contribution >= 4 is 5.97 Å². The second kappa shape index (κ2) is 12.1. The molecule has 0 aliphatic heterocycles. The average molecular weight is 269 g/mol. The van der Waals surface area contributed by atoms with E-state index in [1.165, 1.54) is 51.4 Å². The van der Waals surface area contributed by atoms with Gasteiger partial charge in [0.15, 0.2) is 0 Å². The molecule has 0 atom stereocenters. The Bertz CT molecular complexity index is 272. The van der Waals surface area contributed by atoms with Crippen molar-refractivity contribution in [1.29, 1.82) is 0 Å². The largest absolute Gasteiger partial charge is 0.478 e. The van der Waals surface area contributed by atoms with Gasteiger partial charge in [-0.3, -0.25) is 0 Å². The highest BCUT2D eigenvalue weighted by molar-refractivity contribution is 5.86. The molecule has 0 radical (unpaired) electrons. The van der Waals surface area contributed by atoms with E-state index in [1.807, 2.05) is 0 Å². The van der Waals surface area contributed by atoms with E-state index in [0.29, 0.717) is 17.7 Å². The van der Waals surface area contributed by atoms with Gasteiger partial charge in [0.25, 0.3) is 0 Å². The lowest BCUT2D eigenvalue weighted by molar-refractivity contribution is -0.132. The predicted octanol–water partition coefficient (Wildman–Crippen LogP) is 4.61. The number of nitrogens with two attached hydrogens (primary N) is 1. The molecule has 0 amide bonds. The lowest BCUT2D eigenvalue weighted by atomic mass is 10.0. The predicted molar refractivity (Wildman–Crippen MR) is 81.0 cm³/mol. The molecule has 0 spiro atoms. The van der Waals surface area contributed by atoms with E-state index in [0.717, 1.165) is 12.8 Å². The van der Waals surface area contributed by atoms with Crippen molar-refractivity contribution in [1.82, 2.24) is 0 Å². The topological polar surface area (TPSA) is 63.3 Å². The monoisotopic (exact) mass is 269 g/mol. The second-order valence-corrected chi connectivity index (χ2v) is 5.39. The molecule has 0 aliphatic rings. The van der Waals surface area contributed by atoms with Crippen LogP contribution < -0.4 is 5.73 Å². The molecule has 0 aromatic rings. The zero-order chi connectivity index (χ0) is 14.5. The summed E-state index contributed by atoms with van der Waals surface area (Å²) in [6.07, 6.45) is 13.6. The zero-order valence-corrected chi connectivity index (χ0v) is 12.7. The highest BCUT2D eigenvalue weighted by atomic mass is 16.4. The van der Waals surface area contributed by atoms with Gasteiger partial charge in [0, 0.05) is 5.70 Å². The quantitative estimate of drug-likeness (QED) is 0.401. The number of allylic oxidation sites excluding steroid dienone is 1. The number of carbonyl (C=O) groups is 1. The Morgan fingerprint density at radius 1 is 0.895 bits per heavy atom. The van der Waals surface area contributed by atoms with Crippen LogP contribution in [-0.2, 0) is 4.79 Å². The summed E-state index contributed by atoms with van der Waals surface area (Å²) in [6, 6.07) is 0. The Balaban J connectivity index is 3.36. The molecule has 0 saturated heterocycles.